The molecule has 0 saturated carbocycles. The minimum Gasteiger partial charge on any atom is -0.362 e. The minimum atomic E-state index is -4.37. The Morgan fingerprint density at radius 3 is 2.44 bits per heavy atom. The quantitative estimate of drug-likeness (QED) is 0.599. The molecule has 0 saturated heterocycles. The molecule has 1 aromatic carbocycles. The van der Waals surface area contributed by atoms with Crippen LogP contribution < -0.4 is 4.90 Å². The fraction of sp³-hybridized carbons (Fsp3) is 0.417. The number of benzene rings is 1. The predicted octanol–water partition coefficient (Wildman–Crippen LogP) is 3.42. The maximum atomic E-state index is 13.2. The van der Waals surface area contributed by atoms with Gasteiger partial charge in [0.25, 0.3) is 0 Å². The van der Waals surface area contributed by atoms with E-state index in [9.17, 15) is 22.4 Å². The first kappa shape index (κ1) is 14.5. The van der Waals surface area contributed by atoms with E-state index in [4.69, 9.17) is 0 Å². The molecule has 6 heteroatoms. The van der Waals surface area contributed by atoms with Gasteiger partial charge in [0.15, 0.2) is 0 Å². The molecular weight excluding hydrogens is 250 g/mol. The second kappa shape index (κ2) is 5.84. The van der Waals surface area contributed by atoms with E-state index in [-0.39, 0.29) is 17.8 Å². The first-order valence-electron chi connectivity index (χ1n) is 5.43. The first-order valence-corrected chi connectivity index (χ1v) is 5.43. The fourth-order valence-electron chi connectivity index (χ4n) is 1.63. The summed E-state index contributed by atoms with van der Waals surface area (Å²) in [5.41, 5.74) is 0.0875. The van der Waals surface area contributed by atoms with E-state index in [1.54, 1.807) is 6.92 Å². The van der Waals surface area contributed by atoms with Gasteiger partial charge in [0.2, 0.25) is 0 Å². The molecule has 0 unspecified atom stereocenters. The van der Waals surface area contributed by atoms with Gasteiger partial charge in [0, 0.05) is 17.8 Å². The van der Waals surface area contributed by atoms with Crippen molar-refractivity contribution in [2.24, 2.45) is 0 Å². The molecular formula is C12H13F4NO. The zero-order chi connectivity index (χ0) is 13.8. The second-order valence-electron chi connectivity index (χ2n) is 3.90. The molecule has 0 aliphatic carbocycles. The maximum Gasteiger partial charge on any atom is 0.405 e. The van der Waals surface area contributed by atoms with Crippen molar-refractivity contribution in [3.63, 3.8) is 0 Å². The molecule has 2 nitrogen and oxygen atoms in total. The van der Waals surface area contributed by atoms with Crippen LogP contribution in [-0.4, -0.2) is 25.6 Å². The van der Waals surface area contributed by atoms with Crippen LogP contribution in [0.3, 0.4) is 0 Å². The van der Waals surface area contributed by atoms with Crippen molar-refractivity contribution in [3.05, 3.63) is 29.6 Å². The summed E-state index contributed by atoms with van der Waals surface area (Å²) in [6.07, 6.45) is -3.48. The fourth-order valence-corrected chi connectivity index (χ4v) is 1.63. The third-order valence-electron chi connectivity index (χ3n) is 2.27. The SMILES string of the molecule is CCCN(CC(F)(F)F)c1cc(F)cc(C=O)c1. The standard InChI is InChI=1S/C12H13F4NO/c1-2-3-17(8-12(14,15)16)11-5-9(7-18)4-10(13)6-11/h4-7H,2-3,8H2,1H3. The van der Waals surface area contributed by atoms with Crippen LogP contribution in [-0.2, 0) is 0 Å². The molecule has 0 spiro atoms. The van der Waals surface area contributed by atoms with E-state index in [2.05, 4.69) is 0 Å². The van der Waals surface area contributed by atoms with Gasteiger partial charge in [-0.1, -0.05) is 6.92 Å². The molecule has 0 aliphatic rings. The van der Waals surface area contributed by atoms with Crippen LogP contribution >= 0.6 is 0 Å². The highest BCUT2D eigenvalue weighted by molar-refractivity contribution is 5.77. The molecule has 18 heavy (non-hydrogen) atoms. The van der Waals surface area contributed by atoms with Crippen LogP contribution in [0.5, 0.6) is 0 Å². The van der Waals surface area contributed by atoms with Crippen molar-refractivity contribution in [2.75, 3.05) is 18.0 Å². The highest BCUT2D eigenvalue weighted by Crippen LogP contribution is 2.24. The maximum absolute atomic E-state index is 13.2. The monoisotopic (exact) mass is 263 g/mol. The molecule has 0 amide bonds. The normalized spacial score (nSPS) is 11.4. The van der Waals surface area contributed by atoms with Gasteiger partial charge in [-0.05, 0) is 24.6 Å². The average molecular weight is 263 g/mol. The molecule has 0 heterocycles. The van der Waals surface area contributed by atoms with E-state index in [0.29, 0.717) is 12.7 Å². The van der Waals surface area contributed by atoms with Gasteiger partial charge in [-0.25, -0.2) is 4.39 Å². The lowest BCUT2D eigenvalue weighted by atomic mass is 10.2. The van der Waals surface area contributed by atoms with Gasteiger partial charge < -0.3 is 4.90 Å². The van der Waals surface area contributed by atoms with Gasteiger partial charge in [-0.2, -0.15) is 13.2 Å². The van der Waals surface area contributed by atoms with Crippen molar-refractivity contribution in [1.82, 2.24) is 0 Å². The van der Waals surface area contributed by atoms with Gasteiger partial charge in [0.1, 0.15) is 18.6 Å². The topological polar surface area (TPSA) is 20.3 Å². The smallest absolute Gasteiger partial charge is 0.362 e. The molecule has 0 N–H and O–H groups in total. The number of alkyl halides is 3. The van der Waals surface area contributed by atoms with E-state index in [0.717, 1.165) is 17.0 Å². The van der Waals surface area contributed by atoms with Crippen LogP contribution in [0.2, 0.25) is 0 Å². The third kappa shape index (κ3) is 4.35. The molecule has 0 radical (unpaired) electrons. The van der Waals surface area contributed by atoms with E-state index in [1.165, 1.54) is 6.07 Å². The summed E-state index contributed by atoms with van der Waals surface area (Å²) in [6.45, 7) is 0.702. The number of aldehydes is 1. The van der Waals surface area contributed by atoms with Crippen molar-refractivity contribution >= 4 is 12.0 Å². The van der Waals surface area contributed by atoms with Crippen molar-refractivity contribution in [2.45, 2.75) is 19.5 Å². The Balaban J connectivity index is 3.04. The zero-order valence-corrected chi connectivity index (χ0v) is 9.80. The van der Waals surface area contributed by atoms with Gasteiger partial charge in [0.05, 0.1) is 0 Å². The number of carbonyl (C=O) groups is 1. The van der Waals surface area contributed by atoms with Gasteiger partial charge in [-0.3, -0.25) is 4.79 Å². The molecule has 1 rings (SSSR count). The Bertz CT molecular complexity index is 417. The van der Waals surface area contributed by atoms with Crippen molar-refractivity contribution in [1.29, 1.82) is 0 Å². The summed E-state index contributed by atoms with van der Waals surface area (Å²) < 4.78 is 50.4. The summed E-state index contributed by atoms with van der Waals surface area (Å²) in [7, 11) is 0. The second-order valence-corrected chi connectivity index (χ2v) is 3.90. The Labute approximate surface area is 102 Å². The summed E-state index contributed by atoms with van der Waals surface area (Å²) in [6, 6.07) is 3.22. The molecule has 0 fully saturated rings. The summed E-state index contributed by atoms with van der Waals surface area (Å²) >= 11 is 0. The van der Waals surface area contributed by atoms with E-state index >= 15 is 0 Å². The number of hydrogen-bond donors (Lipinski definition) is 0. The minimum absolute atomic E-state index is 0.0216. The third-order valence-corrected chi connectivity index (χ3v) is 2.27. The molecule has 0 aliphatic heterocycles. The van der Waals surface area contributed by atoms with Crippen LogP contribution in [0.4, 0.5) is 23.2 Å². The lowest BCUT2D eigenvalue weighted by molar-refractivity contribution is -0.119. The van der Waals surface area contributed by atoms with Crippen LogP contribution in [0, 0.1) is 5.82 Å². The van der Waals surface area contributed by atoms with E-state index in [1.807, 2.05) is 0 Å². The Morgan fingerprint density at radius 1 is 1.28 bits per heavy atom. The van der Waals surface area contributed by atoms with Crippen molar-refractivity contribution in [3.8, 4) is 0 Å². The van der Waals surface area contributed by atoms with E-state index < -0.39 is 18.5 Å². The summed E-state index contributed by atoms with van der Waals surface area (Å²) in [4.78, 5) is 11.6. The number of nitrogens with zero attached hydrogens (tertiary/aromatic N) is 1. The summed E-state index contributed by atoms with van der Waals surface area (Å²) in [5, 5.41) is 0. The average Bonchev–Trinajstić information content (AvgIpc) is 2.26. The zero-order valence-electron chi connectivity index (χ0n) is 9.80. The number of carbonyl (C=O) groups excluding carboxylic acids is 1. The lowest BCUT2D eigenvalue weighted by Crippen LogP contribution is -2.35. The number of halogens is 4. The van der Waals surface area contributed by atoms with Gasteiger partial charge in [-0.15, -0.1) is 0 Å². The van der Waals surface area contributed by atoms with Crippen LogP contribution in [0.25, 0.3) is 0 Å². The number of anilines is 1. The Hall–Kier alpha value is -1.59. The molecule has 0 aromatic heterocycles. The van der Waals surface area contributed by atoms with Crippen LogP contribution in [0.15, 0.2) is 18.2 Å². The van der Waals surface area contributed by atoms with Crippen LogP contribution in [0.1, 0.15) is 23.7 Å². The number of hydrogen-bond acceptors (Lipinski definition) is 2. The Morgan fingerprint density at radius 2 is 1.94 bits per heavy atom. The van der Waals surface area contributed by atoms with Gasteiger partial charge >= 0.3 is 6.18 Å². The molecule has 1 aromatic rings. The largest absolute Gasteiger partial charge is 0.405 e. The predicted molar refractivity (Wildman–Crippen MR) is 60.3 cm³/mol. The Kier molecular flexibility index (Phi) is 4.69. The molecule has 0 atom stereocenters. The first-order chi connectivity index (χ1) is 8.35. The molecule has 100 valence electrons. The highest BCUT2D eigenvalue weighted by Gasteiger charge is 2.30. The van der Waals surface area contributed by atoms with Crippen molar-refractivity contribution < 1.29 is 22.4 Å². The highest BCUT2D eigenvalue weighted by atomic mass is 19.4. The summed E-state index contributed by atoms with van der Waals surface area (Å²) in [5.74, 6) is -0.724. The lowest BCUT2D eigenvalue weighted by Gasteiger charge is -2.25. The number of rotatable bonds is 5. The molecule has 0 bridgehead atoms.